The molecule has 0 aliphatic carbocycles. The number of nitrogens with zero attached hydrogens (tertiary/aromatic N) is 2. The molecule has 92 valence electrons. The molecule has 0 aromatic carbocycles. The number of aromatic nitrogens is 4. The van der Waals surface area contributed by atoms with Crippen LogP contribution in [0.15, 0.2) is 0 Å². The van der Waals surface area contributed by atoms with Gasteiger partial charge in [0.05, 0.1) is 10.6 Å². The van der Waals surface area contributed by atoms with E-state index in [4.69, 9.17) is 12.2 Å². The van der Waals surface area contributed by atoms with Crippen LogP contribution in [0, 0.1) is 4.77 Å². The molecule has 0 unspecified atom stereocenters. The van der Waals surface area contributed by atoms with E-state index in [0.717, 1.165) is 40.0 Å². The van der Waals surface area contributed by atoms with E-state index in [1.165, 1.54) is 0 Å². The lowest BCUT2D eigenvalue weighted by atomic mass is 10.2. The molecule has 0 atom stereocenters. The van der Waals surface area contributed by atoms with E-state index in [2.05, 4.69) is 33.3 Å². The Bertz CT molecular complexity index is 540. The van der Waals surface area contributed by atoms with Gasteiger partial charge in [-0.25, -0.2) is 4.98 Å². The van der Waals surface area contributed by atoms with Gasteiger partial charge in [-0.3, -0.25) is 10.2 Å². The van der Waals surface area contributed by atoms with Crippen molar-refractivity contribution >= 4 is 35.3 Å². The van der Waals surface area contributed by atoms with Crippen LogP contribution in [0.3, 0.4) is 0 Å². The molecule has 2 heterocycles. The number of H-pyrrole nitrogens is 2. The van der Waals surface area contributed by atoms with Crippen molar-refractivity contribution in [1.82, 2.24) is 20.2 Å². The highest BCUT2D eigenvalue weighted by Crippen LogP contribution is 2.30. The summed E-state index contributed by atoms with van der Waals surface area (Å²) in [7, 11) is 0. The molecule has 7 heteroatoms. The van der Waals surface area contributed by atoms with Crippen molar-refractivity contribution in [3.8, 4) is 10.7 Å². The van der Waals surface area contributed by atoms with Crippen molar-refractivity contribution in [2.45, 2.75) is 25.5 Å². The SMILES string of the molecule is CCCc1nc(CSC)sc1-c1nc(=S)[nH][nH]1. The van der Waals surface area contributed by atoms with E-state index in [1.807, 2.05) is 0 Å². The molecule has 0 bridgehead atoms. The molecule has 2 aromatic heterocycles. The third-order valence-electron chi connectivity index (χ3n) is 2.21. The van der Waals surface area contributed by atoms with Crippen molar-refractivity contribution in [2.75, 3.05) is 6.26 Å². The van der Waals surface area contributed by atoms with Crippen molar-refractivity contribution in [3.05, 3.63) is 15.5 Å². The predicted octanol–water partition coefficient (Wildman–Crippen LogP) is 3.41. The van der Waals surface area contributed by atoms with Gasteiger partial charge in [0, 0.05) is 5.75 Å². The molecule has 0 aliphatic rings. The lowest BCUT2D eigenvalue weighted by molar-refractivity contribution is 0.886. The van der Waals surface area contributed by atoms with Gasteiger partial charge in [0.2, 0.25) is 4.77 Å². The molecule has 17 heavy (non-hydrogen) atoms. The van der Waals surface area contributed by atoms with Gasteiger partial charge in [0.1, 0.15) is 5.01 Å². The monoisotopic (exact) mass is 286 g/mol. The van der Waals surface area contributed by atoms with Crippen LogP contribution in [0.25, 0.3) is 10.7 Å². The highest BCUT2D eigenvalue weighted by molar-refractivity contribution is 7.97. The van der Waals surface area contributed by atoms with E-state index in [1.54, 1.807) is 23.1 Å². The Morgan fingerprint density at radius 3 is 2.76 bits per heavy atom. The molecule has 0 spiro atoms. The topological polar surface area (TPSA) is 57.4 Å². The van der Waals surface area contributed by atoms with E-state index >= 15 is 0 Å². The van der Waals surface area contributed by atoms with Gasteiger partial charge in [0.25, 0.3) is 0 Å². The maximum atomic E-state index is 4.98. The highest BCUT2D eigenvalue weighted by Gasteiger charge is 2.14. The Balaban J connectivity index is 2.39. The Labute approximate surface area is 113 Å². The minimum atomic E-state index is 0.488. The molecule has 0 fully saturated rings. The van der Waals surface area contributed by atoms with Gasteiger partial charge < -0.3 is 0 Å². The number of rotatable bonds is 5. The fraction of sp³-hybridized carbons (Fsp3) is 0.500. The summed E-state index contributed by atoms with van der Waals surface area (Å²) >= 11 is 8.46. The van der Waals surface area contributed by atoms with Crippen LogP contribution in [0.5, 0.6) is 0 Å². The Morgan fingerprint density at radius 2 is 2.18 bits per heavy atom. The summed E-state index contributed by atoms with van der Waals surface area (Å²) in [6.07, 6.45) is 4.15. The summed E-state index contributed by atoms with van der Waals surface area (Å²) in [6, 6.07) is 0. The van der Waals surface area contributed by atoms with Gasteiger partial charge in [-0.2, -0.15) is 16.7 Å². The average molecular weight is 286 g/mol. The molecule has 2 aromatic rings. The van der Waals surface area contributed by atoms with E-state index in [0.29, 0.717) is 4.77 Å². The quantitative estimate of drug-likeness (QED) is 0.827. The fourth-order valence-corrected chi connectivity index (χ4v) is 3.45. The van der Waals surface area contributed by atoms with Gasteiger partial charge in [0.15, 0.2) is 5.82 Å². The Morgan fingerprint density at radius 1 is 1.35 bits per heavy atom. The third-order valence-corrected chi connectivity index (χ3v) is 4.26. The number of thiazole rings is 1. The number of thioether (sulfide) groups is 1. The summed E-state index contributed by atoms with van der Waals surface area (Å²) in [5, 5.41) is 6.98. The summed E-state index contributed by atoms with van der Waals surface area (Å²) in [4.78, 5) is 10.0. The van der Waals surface area contributed by atoms with Crippen molar-refractivity contribution < 1.29 is 0 Å². The number of hydrogen-bond acceptors (Lipinski definition) is 5. The molecule has 4 nitrogen and oxygen atoms in total. The molecular formula is C10H14N4S3. The standard InChI is InChI=1S/C10H14N4S3/c1-3-4-6-8(9-12-10(15)14-13-9)17-7(11-6)5-16-2/h3-5H2,1-2H3,(H2,12,13,14,15). The molecule has 0 radical (unpaired) electrons. The van der Waals surface area contributed by atoms with Crippen LogP contribution in [0.1, 0.15) is 24.0 Å². The first-order valence-electron chi connectivity index (χ1n) is 5.37. The summed E-state index contributed by atoms with van der Waals surface area (Å²) in [5.74, 6) is 1.76. The van der Waals surface area contributed by atoms with Crippen LogP contribution >= 0.6 is 35.3 Å². The van der Waals surface area contributed by atoms with Gasteiger partial charge in [-0.05, 0) is 24.9 Å². The minimum Gasteiger partial charge on any atom is -0.281 e. The second-order valence-corrected chi connectivity index (χ2v) is 5.92. The van der Waals surface area contributed by atoms with Crippen LogP contribution in [-0.4, -0.2) is 26.4 Å². The van der Waals surface area contributed by atoms with Gasteiger partial charge in [-0.15, -0.1) is 11.3 Å². The predicted molar refractivity (Wildman–Crippen MR) is 76.1 cm³/mol. The lowest BCUT2D eigenvalue weighted by Gasteiger charge is -1.95. The Kier molecular flexibility index (Phi) is 4.36. The first-order chi connectivity index (χ1) is 8.24. The number of aromatic amines is 2. The maximum absolute atomic E-state index is 4.98. The molecular weight excluding hydrogens is 272 g/mol. The van der Waals surface area contributed by atoms with E-state index in [-0.39, 0.29) is 0 Å². The van der Waals surface area contributed by atoms with Gasteiger partial charge in [-0.1, -0.05) is 13.3 Å². The lowest BCUT2D eigenvalue weighted by Crippen LogP contribution is -1.89. The molecule has 2 N–H and O–H groups in total. The Hall–Kier alpha value is -0.660. The zero-order valence-corrected chi connectivity index (χ0v) is 12.2. The van der Waals surface area contributed by atoms with Crippen molar-refractivity contribution in [1.29, 1.82) is 0 Å². The highest BCUT2D eigenvalue weighted by atomic mass is 32.2. The minimum absolute atomic E-state index is 0.488. The molecule has 0 aliphatic heterocycles. The van der Waals surface area contributed by atoms with E-state index in [9.17, 15) is 0 Å². The van der Waals surface area contributed by atoms with E-state index < -0.39 is 0 Å². The second-order valence-electron chi connectivity index (χ2n) is 3.58. The normalized spacial score (nSPS) is 10.9. The fourth-order valence-electron chi connectivity index (χ4n) is 1.55. The van der Waals surface area contributed by atoms with Gasteiger partial charge >= 0.3 is 0 Å². The second kappa shape index (κ2) is 5.79. The first kappa shape index (κ1) is 12.8. The maximum Gasteiger partial charge on any atom is 0.213 e. The smallest absolute Gasteiger partial charge is 0.213 e. The third kappa shape index (κ3) is 2.97. The molecule has 0 saturated heterocycles. The average Bonchev–Trinajstić information content (AvgIpc) is 2.86. The molecule has 2 rings (SSSR count). The number of hydrogen-bond donors (Lipinski definition) is 2. The van der Waals surface area contributed by atoms with Crippen LogP contribution in [-0.2, 0) is 12.2 Å². The number of nitrogens with one attached hydrogen (secondary N) is 2. The van der Waals surface area contributed by atoms with Crippen LogP contribution in [0.4, 0.5) is 0 Å². The van der Waals surface area contributed by atoms with Crippen LogP contribution in [0.2, 0.25) is 0 Å². The zero-order chi connectivity index (χ0) is 12.3. The molecule has 0 saturated carbocycles. The largest absolute Gasteiger partial charge is 0.281 e. The summed E-state index contributed by atoms with van der Waals surface area (Å²) < 4.78 is 0.488. The zero-order valence-electron chi connectivity index (χ0n) is 9.74. The number of aryl methyl sites for hydroxylation is 1. The molecule has 0 amide bonds. The summed E-state index contributed by atoms with van der Waals surface area (Å²) in [6.45, 7) is 2.16. The summed E-state index contributed by atoms with van der Waals surface area (Å²) in [5.41, 5.74) is 1.12. The van der Waals surface area contributed by atoms with Crippen molar-refractivity contribution in [2.24, 2.45) is 0 Å². The first-order valence-corrected chi connectivity index (χ1v) is 7.99. The van der Waals surface area contributed by atoms with Crippen LogP contribution < -0.4 is 0 Å². The van der Waals surface area contributed by atoms with Crippen molar-refractivity contribution in [3.63, 3.8) is 0 Å².